The molecule has 354 valence electrons. The number of ether oxygens (including phenoxy) is 1. The van der Waals surface area contributed by atoms with Crippen molar-refractivity contribution in [2.24, 2.45) is 5.41 Å². The molecule has 15 nitrogen and oxygen atoms in total. The van der Waals surface area contributed by atoms with Crippen molar-refractivity contribution in [3.63, 3.8) is 0 Å². The van der Waals surface area contributed by atoms with Crippen LogP contribution in [-0.4, -0.2) is 117 Å². The van der Waals surface area contributed by atoms with Gasteiger partial charge in [0.05, 0.1) is 34.3 Å². The third-order valence-corrected chi connectivity index (χ3v) is 17.6. The van der Waals surface area contributed by atoms with Crippen molar-refractivity contribution in [1.82, 2.24) is 19.6 Å². The first-order chi connectivity index (χ1) is 31.9. The van der Waals surface area contributed by atoms with Gasteiger partial charge in [-0.2, -0.15) is 4.98 Å². The zero-order valence-corrected chi connectivity index (χ0v) is 40.3. The molecule has 9 rings (SSSR count). The van der Waals surface area contributed by atoms with Crippen LogP contribution in [0.25, 0.3) is 16.6 Å². The average molecular weight is 975 g/mol. The predicted molar refractivity (Wildman–Crippen MR) is 264 cm³/mol. The number of allylic oxidation sites excluding steroid dienone is 1. The van der Waals surface area contributed by atoms with Crippen LogP contribution in [0.5, 0.6) is 0 Å². The zero-order chi connectivity index (χ0) is 47.3. The number of aromatic nitrogens is 2. The first-order valence-electron chi connectivity index (χ1n) is 22.7. The number of piperazine rings is 1. The molecule has 2 saturated heterocycles. The second-order valence-electron chi connectivity index (χ2n) is 19.1. The molecule has 4 N–H and O–H groups in total. The fourth-order valence-electron chi connectivity index (χ4n) is 9.70. The fraction of sp³-hybridized carbons (Fsp3) is 0.417. The summed E-state index contributed by atoms with van der Waals surface area (Å²) in [6.45, 7) is 10.9. The van der Waals surface area contributed by atoms with E-state index >= 15 is 4.39 Å². The van der Waals surface area contributed by atoms with Crippen LogP contribution < -0.4 is 25.3 Å². The number of halogens is 2. The van der Waals surface area contributed by atoms with E-state index in [2.05, 4.69) is 50.8 Å². The molecule has 1 unspecified atom stereocenters. The summed E-state index contributed by atoms with van der Waals surface area (Å²) >= 11 is 6.27. The van der Waals surface area contributed by atoms with E-state index in [1.54, 1.807) is 12.3 Å². The van der Waals surface area contributed by atoms with Crippen LogP contribution in [0.3, 0.4) is 0 Å². The number of aromatic amines is 1. The van der Waals surface area contributed by atoms with E-state index in [0.29, 0.717) is 48.3 Å². The Kier molecular flexibility index (Phi) is 12.9. The molecule has 1 amide bonds. The molecule has 0 radical (unpaired) electrons. The zero-order valence-electron chi connectivity index (χ0n) is 37.9. The lowest BCUT2D eigenvalue weighted by molar-refractivity contribution is -0.384. The summed E-state index contributed by atoms with van der Waals surface area (Å²) in [5.41, 5.74) is 5.06. The first-order valence-corrected chi connectivity index (χ1v) is 26.9. The van der Waals surface area contributed by atoms with Gasteiger partial charge in [0.1, 0.15) is 28.9 Å². The molecule has 1 aliphatic carbocycles. The van der Waals surface area contributed by atoms with Gasteiger partial charge in [0.2, 0.25) is 5.44 Å². The number of H-pyrrole nitrogens is 1. The number of nitrogens with one attached hydrogen (secondary N) is 3. The molecule has 3 aromatic carbocycles. The summed E-state index contributed by atoms with van der Waals surface area (Å²) in [7, 11) is -7.36. The van der Waals surface area contributed by atoms with E-state index < -0.39 is 44.6 Å². The fourth-order valence-corrected chi connectivity index (χ4v) is 12.6. The molecule has 19 heteroatoms. The number of nitro groups is 1. The van der Waals surface area contributed by atoms with E-state index in [0.717, 1.165) is 67.1 Å². The Morgan fingerprint density at radius 2 is 1.75 bits per heavy atom. The minimum absolute atomic E-state index is 0.0466. The van der Waals surface area contributed by atoms with Crippen molar-refractivity contribution in [3.8, 4) is 0 Å². The van der Waals surface area contributed by atoms with Crippen molar-refractivity contribution in [2.45, 2.75) is 56.5 Å². The van der Waals surface area contributed by atoms with E-state index in [9.17, 15) is 28.2 Å². The molecule has 4 aliphatic rings. The van der Waals surface area contributed by atoms with E-state index in [1.165, 1.54) is 22.8 Å². The number of hydrogen-bond donors (Lipinski definition) is 4. The molecule has 2 aromatic heterocycles. The minimum atomic E-state index is -4.67. The topological polar surface area (TPSA) is 186 Å². The Bertz CT molecular complexity index is 2860. The van der Waals surface area contributed by atoms with Gasteiger partial charge in [-0.15, -0.1) is 0 Å². The van der Waals surface area contributed by atoms with Crippen LogP contribution in [0.4, 0.5) is 32.8 Å². The molecule has 0 spiro atoms. The quantitative estimate of drug-likeness (QED) is 0.0534. The molecular weight excluding hydrogens is 918 g/mol. The van der Waals surface area contributed by atoms with Crippen molar-refractivity contribution in [3.05, 3.63) is 111 Å². The lowest BCUT2D eigenvalue weighted by Crippen LogP contribution is -2.47. The molecule has 5 aromatic rings. The number of sulfonamides is 1. The Morgan fingerprint density at radius 1 is 1.00 bits per heavy atom. The van der Waals surface area contributed by atoms with Gasteiger partial charge in [-0.25, -0.2) is 22.4 Å². The number of hydrogen-bond acceptors (Lipinski definition) is 12. The maximum Gasteiger partial charge on any atom is 0.293 e. The number of alkyl halides is 1. The number of rotatable bonds is 12. The van der Waals surface area contributed by atoms with Gasteiger partial charge in [-0.1, -0.05) is 43.2 Å². The number of anilines is 4. The molecule has 1 atom stereocenters. The van der Waals surface area contributed by atoms with E-state index in [1.807, 2.05) is 48.0 Å². The first kappa shape index (κ1) is 46.9. The number of benzene rings is 3. The van der Waals surface area contributed by atoms with Crippen LogP contribution in [0, 0.1) is 15.5 Å². The van der Waals surface area contributed by atoms with Crippen molar-refractivity contribution in [2.75, 3.05) is 87.0 Å². The van der Waals surface area contributed by atoms with Crippen molar-refractivity contribution >= 4 is 85.5 Å². The van der Waals surface area contributed by atoms with Gasteiger partial charge in [0, 0.05) is 93.7 Å². The highest BCUT2D eigenvalue weighted by Crippen LogP contribution is 2.55. The number of carbonyl (C=O) groups is 1. The Morgan fingerprint density at radius 3 is 2.48 bits per heavy atom. The molecule has 0 saturated carbocycles. The number of carbonyl (C=O) groups excluding carboxylic acids is 1. The molecular formula is C48H56ClFN8O7PS+. The summed E-state index contributed by atoms with van der Waals surface area (Å²) in [6, 6.07) is 20.5. The third-order valence-electron chi connectivity index (χ3n) is 13.7. The maximum absolute atomic E-state index is 15.3. The standard InChI is InChI=1S/C48H55ClFN8O7PS/c1-47(2)14-12-34(39(29-47)32-4-6-35(49)7-5-32)30-55-18-20-56(21-19-55)36-8-10-38(41(27-36)57-22-25-66(3,62)46-43(57)26-33-13-17-51-44(33)53-46)45(59)54-67(63,64)37-9-11-40(42(28-37)58(60)61)52-31-48(50)15-23-65-24-16-48/h4-11,13,17,26-28,52,62H,12,14-16,18-25,29-31H2,1-3H3,(H-,51,53,54,59)/p+1. The monoisotopic (exact) mass is 973 g/mol. The number of nitro benzene ring substituents is 1. The summed E-state index contributed by atoms with van der Waals surface area (Å²) < 4.78 is 50.7. The summed E-state index contributed by atoms with van der Waals surface area (Å²) in [5, 5.41) is 16.5. The largest absolute Gasteiger partial charge is 0.381 e. The third kappa shape index (κ3) is 10.0. The Hall–Kier alpha value is -5.16. The van der Waals surface area contributed by atoms with Gasteiger partial charge in [-0.05, 0) is 90.4 Å². The predicted octanol–water partition coefficient (Wildman–Crippen LogP) is 8.29. The molecule has 0 bridgehead atoms. The van der Waals surface area contributed by atoms with Crippen LogP contribution in [0.2, 0.25) is 5.02 Å². The van der Waals surface area contributed by atoms with Gasteiger partial charge in [-0.3, -0.25) is 19.8 Å². The second kappa shape index (κ2) is 18.4. The van der Waals surface area contributed by atoms with Crippen molar-refractivity contribution in [1.29, 1.82) is 0 Å². The number of nitrogens with zero attached hydrogens (tertiary/aromatic N) is 5. The summed E-state index contributed by atoms with van der Waals surface area (Å²) in [6.07, 6.45) is 5.52. The highest BCUT2D eigenvalue weighted by atomic mass is 35.5. The van der Waals surface area contributed by atoms with E-state index in [4.69, 9.17) is 21.3 Å². The molecule has 67 heavy (non-hydrogen) atoms. The molecule has 2 fully saturated rings. The molecule has 5 heterocycles. The highest BCUT2D eigenvalue weighted by Gasteiger charge is 2.45. The van der Waals surface area contributed by atoms with E-state index in [-0.39, 0.29) is 49.3 Å². The van der Waals surface area contributed by atoms with Crippen LogP contribution in [0.15, 0.2) is 89.5 Å². The number of fused-ring (bicyclic) bond motifs is 2. The van der Waals surface area contributed by atoms with Crippen molar-refractivity contribution < 1.29 is 32.2 Å². The summed E-state index contributed by atoms with van der Waals surface area (Å²) in [4.78, 5) is 51.7. The van der Waals surface area contributed by atoms with Gasteiger partial charge < -0.3 is 24.8 Å². The highest BCUT2D eigenvalue weighted by molar-refractivity contribution is 7.90. The smallest absolute Gasteiger partial charge is 0.293 e. The maximum atomic E-state index is 15.3. The second-order valence-corrected chi connectivity index (χ2v) is 24.4. The van der Waals surface area contributed by atoms with Crippen LogP contribution in [-0.2, 0) is 14.8 Å². The van der Waals surface area contributed by atoms with Crippen LogP contribution >= 0.6 is 19.1 Å². The lowest BCUT2D eigenvalue weighted by Gasteiger charge is -2.40. The van der Waals surface area contributed by atoms with Crippen LogP contribution in [0.1, 0.15) is 61.9 Å². The number of amides is 1. The molecule has 3 aliphatic heterocycles. The SMILES string of the molecule is CC1(C)CCC(CN2CCN(c3ccc(C(=O)NS(=O)(=O)c4ccc(NCC5(F)CCOCC5)c([N+](=O)[O-])c4)c(N4CC[P+](C)(O)c5nc6[nH]ccc6cc54)c3)CC2)=C(c2ccc(Cl)cc2)C1. The normalized spacial score (nSPS) is 21.0. The minimum Gasteiger partial charge on any atom is -0.381 e. The Balaban J connectivity index is 0.998. The summed E-state index contributed by atoms with van der Waals surface area (Å²) in [5.74, 6) is -0.945. The average Bonchev–Trinajstić information content (AvgIpc) is 3.77. The van der Waals surface area contributed by atoms with Gasteiger partial charge in [0.25, 0.3) is 21.6 Å². The Labute approximate surface area is 395 Å². The van der Waals surface area contributed by atoms with Gasteiger partial charge >= 0.3 is 0 Å². The lowest BCUT2D eigenvalue weighted by atomic mass is 9.72. The van der Waals surface area contributed by atoms with Gasteiger partial charge in [0.15, 0.2) is 7.49 Å². The number of pyridine rings is 1.